The Kier molecular flexibility index (Phi) is 6.06. The Morgan fingerprint density at radius 2 is 1.93 bits per heavy atom. The van der Waals surface area contributed by atoms with E-state index in [2.05, 4.69) is 52.1 Å². The number of aliphatic hydroxyl groups excluding tert-OH is 1. The number of piperidine rings is 1. The molecule has 3 aromatic rings. The van der Waals surface area contributed by atoms with Crippen LogP contribution in [0.3, 0.4) is 0 Å². The molecule has 29 heavy (non-hydrogen) atoms. The molecule has 1 aliphatic rings. The van der Waals surface area contributed by atoms with Gasteiger partial charge in [0.25, 0.3) is 0 Å². The second-order valence-electron chi connectivity index (χ2n) is 8.10. The molecule has 0 aliphatic carbocycles. The summed E-state index contributed by atoms with van der Waals surface area (Å²) in [5, 5.41) is 18.0. The fourth-order valence-electron chi connectivity index (χ4n) is 4.28. The van der Waals surface area contributed by atoms with Crippen LogP contribution in [-0.4, -0.2) is 54.2 Å². The summed E-state index contributed by atoms with van der Waals surface area (Å²) >= 11 is 0. The Morgan fingerprint density at radius 3 is 2.69 bits per heavy atom. The number of aliphatic hydroxyl groups is 1. The molecule has 154 valence electrons. The van der Waals surface area contributed by atoms with E-state index in [1.54, 1.807) is 12.7 Å². The quantitative estimate of drug-likeness (QED) is 0.667. The molecule has 0 bridgehead atoms. The van der Waals surface area contributed by atoms with Crippen LogP contribution in [0, 0.1) is 13.8 Å². The molecule has 0 saturated carbocycles. The third kappa shape index (κ3) is 4.74. The first-order chi connectivity index (χ1) is 14.1. The number of hydrogen-bond donors (Lipinski definition) is 1. The summed E-state index contributed by atoms with van der Waals surface area (Å²) in [6.45, 7) is 8.94. The van der Waals surface area contributed by atoms with Gasteiger partial charge in [0.2, 0.25) is 0 Å². The summed E-state index contributed by atoms with van der Waals surface area (Å²) in [5.74, 6) is 0.462. The second-order valence-corrected chi connectivity index (χ2v) is 8.10. The van der Waals surface area contributed by atoms with Crippen LogP contribution in [0.4, 0.5) is 0 Å². The highest BCUT2D eigenvalue weighted by Crippen LogP contribution is 2.28. The average Bonchev–Trinajstić information content (AvgIpc) is 3.38. The maximum atomic E-state index is 9.12. The molecule has 2 aromatic heterocycles. The predicted octanol–water partition coefficient (Wildman–Crippen LogP) is 2.51. The maximum absolute atomic E-state index is 9.12. The lowest BCUT2D eigenvalue weighted by Gasteiger charge is -2.32. The molecule has 0 spiro atoms. The van der Waals surface area contributed by atoms with Gasteiger partial charge in [-0.1, -0.05) is 12.1 Å². The summed E-state index contributed by atoms with van der Waals surface area (Å²) in [6.07, 6.45) is 7.70. The molecule has 1 aromatic carbocycles. The van der Waals surface area contributed by atoms with Crippen molar-refractivity contribution >= 4 is 0 Å². The molecule has 7 nitrogen and oxygen atoms in total. The van der Waals surface area contributed by atoms with E-state index in [4.69, 9.17) is 5.11 Å². The topological polar surface area (TPSA) is 72.0 Å². The molecule has 3 heterocycles. The summed E-state index contributed by atoms with van der Waals surface area (Å²) in [4.78, 5) is 6.61. The van der Waals surface area contributed by atoms with Gasteiger partial charge in [-0.25, -0.2) is 9.67 Å². The number of benzene rings is 1. The van der Waals surface area contributed by atoms with Crippen molar-refractivity contribution in [1.82, 2.24) is 29.4 Å². The zero-order chi connectivity index (χ0) is 20.2. The van der Waals surface area contributed by atoms with Gasteiger partial charge >= 0.3 is 0 Å². The van der Waals surface area contributed by atoms with Crippen molar-refractivity contribution in [2.24, 2.45) is 0 Å². The minimum atomic E-state index is 0.127. The first-order valence-electron chi connectivity index (χ1n) is 10.4. The highest BCUT2D eigenvalue weighted by atomic mass is 16.3. The van der Waals surface area contributed by atoms with Crippen molar-refractivity contribution in [3.05, 3.63) is 65.0 Å². The zero-order valence-electron chi connectivity index (χ0n) is 17.3. The SMILES string of the molecule is Cc1cc(C)c(Cn2cncn2)cc1CN1CCC[C@H](c2ccn(CCO)n2)C1. The average molecular weight is 395 g/mol. The Balaban J connectivity index is 1.46. The number of likely N-dealkylation sites (tertiary alicyclic amines) is 1. The number of nitrogens with zero attached hydrogens (tertiary/aromatic N) is 6. The first-order valence-corrected chi connectivity index (χ1v) is 10.4. The van der Waals surface area contributed by atoms with Crippen LogP contribution in [0.25, 0.3) is 0 Å². The Morgan fingerprint density at radius 1 is 1.10 bits per heavy atom. The van der Waals surface area contributed by atoms with Crippen LogP contribution in [0.5, 0.6) is 0 Å². The highest BCUT2D eigenvalue weighted by molar-refractivity contribution is 5.37. The van der Waals surface area contributed by atoms with Gasteiger partial charge in [-0.05, 0) is 61.6 Å². The molecule has 0 radical (unpaired) electrons. The second kappa shape index (κ2) is 8.88. The summed E-state index contributed by atoms with van der Waals surface area (Å²) in [6, 6.07) is 6.74. The minimum Gasteiger partial charge on any atom is -0.394 e. The van der Waals surface area contributed by atoms with Crippen molar-refractivity contribution in [1.29, 1.82) is 0 Å². The molecule has 1 N–H and O–H groups in total. The van der Waals surface area contributed by atoms with Crippen LogP contribution in [-0.2, 0) is 19.6 Å². The normalized spacial score (nSPS) is 17.7. The van der Waals surface area contributed by atoms with Gasteiger partial charge in [-0.3, -0.25) is 9.58 Å². The monoisotopic (exact) mass is 394 g/mol. The van der Waals surface area contributed by atoms with E-state index in [1.165, 1.54) is 35.1 Å². The minimum absolute atomic E-state index is 0.127. The Bertz CT molecular complexity index is 933. The van der Waals surface area contributed by atoms with Crippen molar-refractivity contribution in [3.8, 4) is 0 Å². The van der Waals surface area contributed by atoms with Crippen LogP contribution >= 0.6 is 0 Å². The standard InChI is InChI=1S/C22H30N6O/c1-17-10-18(2)21(14-28-16-23-15-24-28)11-20(17)13-26-6-3-4-19(12-26)22-5-7-27(25-22)8-9-29/h5,7,10-11,15-16,19,29H,3-4,6,8-9,12-14H2,1-2H3/t19-/m0/s1. The largest absolute Gasteiger partial charge is 0.394 e. The zero-order valence-corrected chi connectivity index (χ0v) is 17.3. The van der Waals surface area contributed by atoms with Gasteiger partial charge in [0.15, 0.2) is 0 Å². The molecule has 0 amide bonds. The number of hydrogen-bond acceptors (Lipinski definition) is 5. The molecule has 1 fully saturated rings. The van der Waals surface area contributed by atoms with E-state index >= 15 is 0 Å². The summed E-state index contributed by atoms with van der Waals surface area (Å²) in [7, 11) is 0. The summed E-state index contributed by atoms with van der Waals surface area (Å²) in [5.41, 5.74) is 6.48. The summed E-state index contributed by atoms with van der Waals surface area (Å²) < 4.78 is 3.72. The van der Waals surface area contributed by atoms with Gasteiger partial charge in [0.05, 0.1) is 25.4 Å². The van der Waals surface area contributed by atoms with E-state index in [9.17, 15) is 0 Å². The molecule has 1 atom stereocenters. The molecule has 4 rings (SSSR count). The van der Waals surface area contributed by atoms with Crippen molar-refractivity contribution in [2.75, 3.05) is 19.7 Å². The lowest BCUT2D eigenvalue weighted by atomic mass is 9.93. The highest BCUT2D eigenvalue weighted by Gasteiger charge is 2.23. The third-order valence-electron chi connectivity index (χ3n) is 5.90. The van der Waals surface area contributed by atoms with Crippen LogP contribution in [0.15, 0.2) is 37.1 Å². The van der Waals surface area contributed by atoms with E-state index in [1.807, 2.05) is 15.6 Å². The van der Waals surface area contributed by atoms with Crippen LogP contribution in [0.1, 0.15) is 46.7 Å². The maximum Gasteiger partial charge on any atom is 0.137 e. The number of aryl methyl sites for hydroxylation is 2. The third-order valence-corrected chi connectivity index (χ3v) is 5.90. The van der Waals surface area contributed by atoms with Gasteiger partial charge < -0.3 is 5.11 Å². The number of aromatic nitrogens is 5. The molecule has 1 aliphatic heterocycles. The molecule has 0 unspecified atom stereocenters. The van der Waals surface area contributed by atoms with Crippen molar-refractivity contribution < 1.29 is 5.11 Å². The van der Waals surface area contributed by atoms with E-state index < -0.39 is 0 Å². The number of rotatable bonds is 7. The fraction of sp³-hybridized carbons (Fsp3) is 0.500. The molecular formula is C22H30N6O. The van der Waals surface area contributed by atoms with Gasteiger partial charge in [0, 0.05) is 25.2 Å². The molecular weight excluding hydrogens is 364 g/mol. The van der Waals surface area contributed by atoms with Crippen LogP contribution in [0.2, 0.25) is 0 Å². The smallest absolute Gasteiger partial charge is 0.137 e. The Hall–Kier alpha value is -2.51. The van der Waals surface area contributed by atoms with E-state index in [0.717, 1.165) is 31.9 Å². The van der Waals surface area contributed by atoms with Gasteiger partial charge in [-0.15, -0.1) is 0 Å². The first kappa shape index (κ1) is 19.8. The van der Waals surface area contributed by atoms with Gasteiger partial charge in [-0.2, -0.15) is 10.2 Å². The van der Waals surface area contributed by atoms with E-state index in [-0.39, 0.29) is 6.61 Å². The Labute approximate surface area is 172 Å². The fourth-order valence-corrected chi connectivity index (χ4v) is 4.28. The molecule has 1 saturated heterocycles. The van der Waals surface area contributed by atoms with Crippen LogP contribution < -0.4 is 0 Å². The van der Waals surface area contributed by atoms with Gasteiger partial charge in [0.1, 0.15) is 12.7 Å². The van der Waals surface area contributed by atoms with Crippen molar-refractivity contribution in [2.45, 2.75) is 52.2 Å². The molecule has 7 heteroatoms. The van der Waals surface area contributed by atoms with E-state index in [0.29, 0.717) is 12.5 Å². The lowest BCUT2D eigenvalue weighted by Crippen LogP contribution is -2.34. The lowest BCUT2D eigenvalue weighted by molar-refractivity contribution is 0.197. The van der Waals surface area contributed by atoms with Crippen molar-refractivity contribution in [3.63, 3.8) is 0 Å². The predicted molar refractivity (Wildman–Crippen MR) is 112 cm³/mol.